The second-order valence-electron chi connectivity index (χ2n) is 4.84. The second kappa shape index (κ2) is 6.41. The number of carbonyl (C=O) groups is 1. The van der Waals surface area contributed by atoms with E-state index in [-0.39, 0.29) is 12.1 Å². The van der Waals surface area contributed by atoms with Crippen LogP contribution in [0.4, 0.5) is 10.5 Å². The summed E-state index contributed by atoms with van der Waals surface area (Å²) in [5, 5.41) is 6.57. The van der Waals surface area contributed by atoms with Crippen molar-refractivity contribution in [2.75, 3.05) is 11.1 Å². The summed E-state index contributed by atoms with van der Waals surface area (Å²) in [4.78, 5) is 13.3. The van der Waals surface area contributed by atoms with Crippen LogP contribution in [0.15, 0.2) is 53.4 Å². The van der Waals surface area contributed by atoms with Crippen molar-refractivity contribution in [3.05, 3.63) is 59.1 Å². The summed E-state index contributed by atoms with van der Waals surface area (Å²) in [6, 6.07) is 15.1. The van der Waals surface area contributed by atoms with Crippen molar-refractivity contribution in [2.45, 2.75) is 17.4 Å². The van der Waals surface area contributed by atoms with Crippen molar-refractivity contribution in [2.24, 2.45) is 0 Å². The van der Waals surface area contributed by atoms with Gasteiger partial charge in [-0.25, -0.2) is 4.79 Å². The molecule has 1 heterocycles. The number of carbonyl (C=O) groups excluding carboxylic acids is 1. The Morgan fingerprint density at radius 1 is 1.19 bits per heavy atom. The lowest BCUT2D eigenvalue weighted by Gasteiger charge is -2.26. The SMILES string of the molecule is O=C(Nc1ccccc1)NC1CCSc2ccc(Cl)cc21. The van der Waals surface area contributed by atoms with Gasteiger partial charge < -0.3 is 10.6 Å². The summed E-state index contributed by atoms with van der Waals surface area (Å²) < 4.78 is 0. The number of urea groups is 1. The van der Waals surface area contributed by atoms with E-state index < -0.39 is 0 Å². The molecular weight excluding hydrogens is 304 g/mol. The number of nitrogens with one attached hydrogen (secondary N) is 2. The van der Waals surface area contributed by atoms with Crippen LogP contribution >= 0.6 is 23.4 Å². The molecule has 108 valence electrons. The number of hydrogen-bond donors (Lipinski definition) is 2. The molecular formula is C16H15ClN2OS. The van der Waals surface area contributed by atoms with E-state index in [1.54, 1.807) is 11.8 Å². The van der Waals surface area contributed by atoms with Gasteiger partial charge in [-0.2, -0.15) is 0 Å². The number of rotatable bonds is 2. The quantitative estimate of drug-likeness (QED) is 0.842. The molecule has 1 aliphatic rings. The molecule has 3 rings (SSSR count). The maximum absolute atomic E-state index is 12.1. The summed E-state index contributed by atoms with van der Waals surface area (Å²) in [6.45, 7) is 0. The molecule has 0 saturated carbocycles. The number of amides is 2. The molecule has 2 N–H and O–H groups in total. The van der Waals surface area contributed by atoms with Crippen molar-refractivity contribution in [1.29, 1.82) is 0 Å². The van der Waals surface area contributed by atoms with Gasteiger partial charge in [0, 0.05) is 21.4 Å². The van der Waals surface area contributed by atoms with Crippen LogP contribution < -0.4 is 10.6 Å². The Morgan fingerprint density at radius 3 is 2.81 bits per heavy atom. The highest BCUT2D eigenvalue weighted by molar-refractivity contribution is 7.99. The van der Waals surface area contributed by atoms with Gasteiger partial charge in [-0.05, 0) is 42.3 Å². The van der Waals surface area contributed by atoms with E-state index in [1.165, 1.54) is 4.90 Å². The van der Waals surface area contributed by atoms with Crippen molar-refractivity contribution in [3.63, 3.8) is 0 Å². The van der Waals surface area contributed by atoms with Gasteiger partial charge in [-0.15, -0.1) is 11.8 Å². The lowest BCUT2D eigenvalue weighted by atomic mass is 10.0. The molecule has 1 atom stereocenters. The molecule has 3 nitrogen and oxygen atoms in total. The largest absolute Gasteiger partial charge is 0.331 e. The average molecular weight is 319 g/mol. The van der Waals surface area contributed by atoms with Gasteiger partial charge in [0.2, 0.25) is 0 Å². The van der Waals surface area contributed by atoms with E-state index in [9.17, 15) is 4.79 Å². The average Bonchev–Trinajstić information content (AvgIpc) is 2.49. The van der Waals surface area contributed by atoms with Crippen LogP contribution in [-0.4, -0.2) is 11.8 Å². The zero-order valence-electron chi connectivity index (χ0n) is 11.3. The van der Waals surface area contributed by atoms with E-state index in [2.05, 4.69) is 10.6 Å². The third kappa shape index (κ3) is 3.52. The van der Waals surface area contributed by atoms with E-state index >= 15 is 0 Å². The van der Waals surface area contributed by atoms with Crippen LogP contribution in [0.2, 0.25) is 5.02 Å². The Hall–Kier alpha value is -1.65. The molecule has 0 aromatic heterocycles. The van der Waals surface area contributed by atoms with Crippen molar-refractivity contribution < 1.29 is 4.79 Å². The molecule has 2 aromatic rings. The number of fused-ring (bicyclic) bond motifs is 1. The monoisotopic (exact) mass is 318 g/mol. The maximum Gasteiger partial charge on any atom is 0.319 e. The molecule has 0 saturated heterocycles. The zero-order chi connectivity index (χ0) is 14.7. The highest BCUT2D eigenvalue weighted by Gasteiger charge is 2.22. The first-order valence-electron chi connectivity index (χ1n) is 6.77. The topological polar surface area (TPSA) is 41.1 Å². The van der Waals surface area contributed by atoms with Gasteiger partial charge in [0.1, 0.15) is 0 Å². The van der Waals surface area contributed by atoms with Crippen molar-refractivity contribution in [1.82, 2.24) is 5.32 Å². The van der Waals surface area contributed by atoms with E-state index in [0.29, 0.717) is 5.02 Å². The van der Waals surface area contributed by atoms with E-state index in [0.717, 1.165) is 23.4 Å². The summed E-state index contributed by atoms with van der Waals surface area (Å²) in [5.74, 6) is 0.991. The summed E-state index contributed by atoms with van der Waals surface area (Å²) in [5.41, 5.74) is 1.88. The Kier molecular flexibility index (Phi) is 4.36. The van der Waals surface area contributed by atoms with E-state index in [4.69, 9.17) is 11.6 Å². The number of anilines is 1. The van der Waals surface area contributed by atoms with Gasteiger partial charge in [0.25, 0.3) is 0 Å². The van der Waals surface area contributed by atoms with Crippen molar-refractivity contribution >= 4 is 35.1 Å². The number of para-hydroxylation sites is 1. The summed E-state index contributed by atoms with van der Waals surface area (Å²) in [7, 11) is 0. The summed E-state index contributed by atoms with van der Waals surface area (Å²) in [6.07, 6.45) is 0.903. The van der Waals surface area contributed by atoms with Crippen LogP contribution in [0.3, 0.4) is 0 Å². The Morgan fingerprint density at radius 2 is 2.00 bits per heavy atom. The minimum absolute atomic E-state index is 0.00339. The van der Waals surface area contributed by atoms with Crippen LogP contribution in [-0.2, 0) is 0 Å². The number of thioether (sulfide) groups is 1. The molecule has 0 bridgehead atoms. The first-order chi connectivity index (χ1) is 10.2. The minimum Gasteiger partial charge on any atom is -0.331 e. The fraction of sp³-hybridized carbons (Fsp3) is 0.188. The molecule has 5 heteroatoms. The molecule has 2 amide bonds. The molecule has 21 heavy (non-hydrogen) atoms. The molecule has 0 spiro atoms. The Balaban J connectivity index is 1.71. The van der Waals surface area contributed by atoms with Gasteiger partial charge in [0.15, 0.2) is 0 Å². The molecule has 1 aliphatic heterocycles. The third-order valence-electron chi connectivity index (χ3n) is 3.35. The lowest BCUT2D eigenvalue weighted by molar-refractivity contribution is 0.248. The van der Waals surface area contributed by atoms with Crippen molar-refractivity contribution in [3.8, 4) is 0 Å². The molecule has 0 radical (unpaired) electrons. The van der Waals surface area contributed by atoms with Gasteiger partial charge in [-0.1, -0.05) is 29.8 Å². The highest BCUT2D eigenvalue weighted by atomic mass is 35.5. The molecule has 0 fully saturated rings. The second-order valence-corrected chi connectivity index (χ2v) is 6.41. The normalized spacial score (nSPS) is 16.9. The van der Waals surface area contributed by atoms with Crippen LogP contribution in [0, 0.1) is 0 Å². The predicted octanol–water partition coefficient (Wildman–Crippen LogP) is 4.70. The smallest absolute Gasteiger partial charge is 0.319 e. The predicted molar refractivity (Wildman–Crippen MR) is 88.1 cm³/mol. The van der Waals surface area contributed by atoms with Gasteiger partial charge in [-0.3, -0.25) is 0 Å². The van der Waals surface area contributed by atoms with Crippen LogP contribution in [0.1, 0.15) is 18.0 Å². The van der Waals surface area contributed by atoms with Crippen LogP contribution in [0.25, 0.3) is 0 Å². The lowest BCUT2D eigenvalue weighted by Crippen LogP contribution is -2.34. The van der Waals surface area contributed by atoms with E-state index in [1.807, 2.05) is 48.5 Å². The van der Waals surface area contributed by atoms with Gasteiger partial charge in [0.05, 0.1) is 6.04 Å². The number of halogens is 1. The molecule has 1 unspecified atom stereocenters. The zero-order valence-corrected chi connectivity index (χ0v) is 12.9. The maximum atomic E-state index is 12.1. The Bertz CT molecular complexity index is 648. The first kappa shape index (κ1) is 14.3. The standard InChI is InChI=1S/C16H15ClN2OS/c17-11-6-7-15-13(10-11)14(8-9-21-15)19-16(20)18-12-4-2-1-3-5-12/h1-7,10,14H,8-9H2,(H2,18,19,20). The third-order valence-corrected chi connectivity index (χ3v) is 4.71. The minimum atomic E-state index is -0.191. The number of hydrogen-bond acceptors (Lipinski definition) is 2. The highest BCUT2D eigenvalue weighted by Crippen LogP contribution is 2.37. The molecule has 0 aliphatic carbocycles. The molecule has 2 aromatic carbocycles. The Labute approximate surface area is 133 Å². The summed E-state index contributed by atoms with van der Waals surface area (Å²) >= 11 is 7.87. The van der Waals surface area contributed by atoms with Crippen LogP contribution in [0.5, 0.6) is 0 Å². The van der Waals surface area contributed by atoms with Gasteiger partial charge >= 0.3 is 6.03 Å². The number of benzene rings is 2. The first-order valence-corrected chi connectivity index (χ1v) is 8.13. The fourth-order valence-electron chi connectivity index (χ4n) is 2.36. The fourth-order valence-corrected chi connectivity index (χ4v) is 3.65.